The van der Waals surface area contributed by atoms with Crippen molar-refractivity contribution in [3.63, 3.8) is 0 Å². The van der Waals surface area contributed by atoms with Crippen LogP contribution in [0.1, 0.15) is 29.8 Å². The summed E-state index contributed by atoms with van der Waals surface area (Å²) in [5.74, 6) is -0.0531. The molecule has 6 heteroatoms. The van der Waals surface area contributed by atoms with E-state index in [1.54, 1.807) is 19.5 Å². The molecule has 21 heavy (non-hydrogen) atoms. The van der Waals surface area contributed by atoms with E-state index in [9.17, 15) is 4.79 Å². The Morgan fingerprint density at radius 3 is 3.24 bits per heavy atom. The van der Waals surface area contributed by atoms with Gasteiger partial charge >= 0.3 is 0 Å². The van der Waals surface area contributed by atoms with E-state index in [0.29, 0.717) is 25.4 Å². The van der Waals surface area contributed by atoms with Crippen molar-refractivity contribution >= 4 is 5.91 Å². The average molecular weight is 291 g/mol. The molecular weight excluding hydrogens is 270 g/mol. The largest absolute Gasteiger partial charge is 0.384 e. The van der Waals surface area contributed by atoms with Crippen LogP contribution in [0.2, 0.25) is 0 Å². The molecule has 2 atom stereocenters. The summed E-state index contributed by atoms with van der Waals surface area (Å²) in [4.78, 5) is 22.5. The van der Waals surface area contributed by atoms with Gasteiger partial charge in [-0.05, 0) is 19.3 Å². The Morgan fingerprint density at radius 1 is 1.57 bits per heavy atom. The van der Waals surface area contributed by atoms with Crippen LogP contribution in [0, 0.1) is 5.41 Å². The molecule has 2 aliphatic rings. The standard InChI is InChI=1S/C15H21N3O3/c1-20-11-15-4-2-8-21-13(15)3-7-18(10-15)14(19)12-9-16-5-6-17-12/h5-6,9,13H,2-4,7-8,10-11H2,1H3/t13-,15-/m1/s1. The highest BCUT2D eigenvalue weighted by molar-refractivity contribution is 5.92. The molecule has 0 unspecified atom stereocenters. The minimum atomic E-state index is -0.0802. The summed E-state index contributed by atoms with van der Waals surface area (Å²) in [5.41, 5.74) is 0.323. The monoisotopic (exact) mass is 291 g/mol. The predicted octanol–water partition coefficient (Wildman–Crippen LogP) is 1.13. The molecule has 0 aromatic carbocycles. The van der Waals surface area contributed by atoms with E-state index in [1.807, 2.05) is 4.90 Å². The van der Waals surface area contributed by atoms with Crippen LogP contribution in [-0.4, -0.2) is 60.3 Å². The van der Waals surface area contributed by atoms with E-state index in [0.717, 1.165) is 25.9 Å². The Balaban J connectivity index is 1.78. The number of rotatable bonds is 3. The van der Waals surface area contributed by atoms with Crippen molar-refractivity contribution in [2.45, 2.75) is 25.4 Å². The molecule has 0 saturated carbocycles. The van der Waals surface area contributed by atoms with Gasteiger partial charge in [0.1, 0.15) is 5.69 Å². The molecule has 6 nitrogen and oxygen atoms in total. The van der Waals surface area contributed by atoms with Gasteiger partial charge in [-0.15, -0.1) is 0 Å². The third-order valence-electron chi connectivity index (χ3n) is 4.49. The fourth-order valence-electron chi connectivity index (χ4n) is 3.53. The summed E-state index contributed by atoms with van der Waals surface area (Å²) in [7, 11) is 1.71. The summed E-state index contributed by atoms with van der Waals surface area (Å²) in [6.45, 7) is 2.81. The van der Waals surface area contributed by atoms with Gasteiger partial charge in [0, 0.05) is 44.6 Å². The van der Waals surface area contributed by atoms with E-state index in [4.69, 9.17) is 9.47 Å². The number of likely N-dealkylation sites (tertiary alicyclic amines) is 1. The van der Waals surface area contributed by atoms with Gasteiger partial charge in [0.2, 0.25) is 0 Å². The second kappa shape index (κ2) is 6.07. The maximum absolute atomic E-state index is 12.6. The highest BCUT2D eigenvalue weighted by Gasteiger charge is 2.47. The van der Waals surface area contributed by atoms with Crippen molar-refractivity contribution in [3.05, 3.63) is 24.3 Å². The first-order chi connectivity index (χ1) is 10.2. The molecule has 0 spiro atoms. The second-order valence-corrected chi connectivity index (χ2v) is 5.86. The number of nitrogens with zero attached hydrogens (tertiary/aromatic N) is 3. The average Bonchev–Trinajstić information content (AvgIpc) is 2.54. The lowest BCUT2D eigenvalue weighted by Crippen LogP contribution is -2.58. The highest BCUT2D eigenvalue weighted by Crippen LogP contribution is 2.40. The number of methoxy groups -OCH3 is 1. The minimum absolute atomic E-state index is 0.0531. The zero-order chi connectivity index (χ0) is 14.7. The first-order valence-electron chi connectivity index (χ1n) is 7.41. The number of fused-ring (bicyclic) bond motifs is 1. The van der Waals surface area contributed by atoms with Crippen LogP contribution in [0.3, 0.4) is 0 Å². The van der Waals surface area contributed by atoms with Gasteiger partial charge in [0.15, 0.2) is 0 Å². The Hall–Kier alpha value is -1.53. The zero-order valence-electron chi connectivity index (χ0n) is 12.3. The van der Waals surface area contributed by atoms with Gasteiger partial charge in [-0.3, -0.25) is 9.78 Å². The van der Waals surface area contributed by atoms with Gasteiger partial charge in [-0.2, -0.15) is 0 Å². The summed E-state index contributed by atoms with van der Waals surface area (Å²) in [6.07, 6.45) is 7.75. The van der Waals surface area contributed by atoms with Crippen LogP contribution >= 0.6 is 0 Å². The van der Waals surface area contributed by atoms with E-state index < -0.39 is 0 Å². The molecule has 1 aromatic rings. The van der Waals surface area contributed by atoms with Crippen LogP contribution in [-0.2, 0) is 9.47 Å². The van der Waals surface area contributed by atoms with E-state index >= 15 is 0 Å². The molecule has 1 amide bonds. The summed E-state index contributed by atoms with van der Waals surface area (Å²) < 4.78 is 11.4. The third-order valence-corrected chi connectivity index (χ3v) is 4.49. The lowest BCUT2D eigenvalue weighted by Gasteiger charge is -2.50. The van der Waals surface area contributed by atoms with Crippen molar-refractivity contribution in [2.75, 3.05) is 33.4 Å². The third kappa shape index (κ3) is 2.78. The number of aromatic nitrogens is 2. The van der Waals surface area contributed by atoms with Crippen molar-refractivity contribution < 1.29 is 14.3 Å². The van der Waals surface area contributed by atoms with E-state index in [-0.39, 0.29) is 17.4 Å². The van der Waals surface area contributed by atoms with Gasteiger partial charge in [0.05, 0.1) is 18.9 Å². The van der Waals surface area contributed by atoms with Crippen molar-refractivity contribution in [2.24, 2.45) is 5.41 Å². The molecule has 2 saturated heterocycles. The molecule has 2 fully saturated rings. The summed E-state index contributed by atoms with van der Waals surface area (Å²) in [5, 5.41) is 0. The number of carbonyl (C=O) groups excluding carboxylic acids is 1. The van der Waals surface area contributed by atoms with Crippen molar-refractivity contribution in [3.8, 4) is 0 Å². The second-order valence-electron chi connectivity index (χ2n) is 5.86. The Kier molecular flexibility index (Phi) is 4.17. The molecule has 0 radical (unpaired) electrons. The molecule has 0 N–H and O–H groups in total. The lowest BCUT2D eigenvalue weighted by atomic mass is 9.73. The van der Waals surface area contributed by atoms with Gasteiger partial charge < -0.3 is 14.4 Å². The van der Waals surface area contributed by atoms with Gasteiger partial charge in [-0.1, -0.05) is 0 Å². The predicted molar refractivity (Wildman–Crippen MR) is 75.8 cm³/mol. The zero-order valence-corrected chi connectivity index (χ0v) is 12.3. The fraction of sp³-hybridized carbons (Fsp3) is 0.667. The van der Waals surface area contributed by atoms with Gasteiger partial charge in [-0.25, -0.2) is 4.98 Å². The van der Waals surface area contributed by atoms with Crippen LogP contribution in [0.25, 0.3) is 0 Å². The maximum atomic E-state index is 12.6. The molecule has 114 valence electrons. The Morgan fingerprint density at radius 2 is 2.48 bits per heavy atom. The lowest BCUT2D eigenvalue weighted by molar-refractivity contribution is -0.142. The minimum Gasteiger partial charge on any atom is -0.384 e. The van der Waals surface area contributed by atoms with Crippen LogP contribution in [0.5, 0.6) is 0 Å². The smallest absolute Gasteiger partial charge is 0.274 e. The number of piperidine rings is 1. The molecular formula is C15H21N3O3. The van der Waals surface area contributed by atoms with Crippen LogP contribution in [0.15, 0.2) is 18.6 Å². The highest BCUT2D eigenvalue weighted by atomic mass is 16.5. The first kappa shape index (κ1) is 14.4. The SMILES string of the molecule is COC[C@]12CCCO[C@@H]1CCN(C(=O)c1cnccn1)C2. The van der Waals surface area contributed by atoms with E-state index in [1.165, 1.54) is 6.20 Å². The normalized spacial score (nSPS) is 29.0. The molecule has 0 bridgehead atoms. The molecule has 0 aliphatic carbocycles. The van der Waals surface area contributed by atoms with Crippen molar-refractivity contribution in [1.82, 2.24) is 14.9 Å². The fourth-order valence-corrected chi connectivity index (χ4v) is 3.53. The maximum Gasteiger partial charge on any atom is 0.274 e. The number of carbonyl (C=O) groups is 1. The first-order valence-corrected chi connectivity index (χ1v) is 7.41. The summed E-state index contributed by atoms with van der Waals surface area (Å²) >= 11 is 0. The number of hydrogen-bond donors (Lipinski definition) is 0. The summed E-state index contributed by atoms with van der Waals surface area (Å²) in [6, 6.07) is 0. The van der Waals surface area contributed by atoms with Crippen molar-refractivity contribution in [1.29, 1.82) is 0 Å². The molecule has 1 aromatic heterocycles. The number of amides is 1. The molecule has 3 heterocycles. The Bertz CT molecular complexity index is 492. The topological polar surface area (TPSA) is 64.6 Å². The number of ether oxygens (including phenoxy) is 2. The van der Waals surface area contributed by atoms with E-state index in [2.05, 4.69) is 9.97 Å². The number of hydrogen-bond acceptors (Lipinski definition) is 5. The quantitative estimate of drug-likeness (QED) is 0.835. The van der Waals surface area contributed by atoms with Crippen LogP contribution in [0.4, 0.5) is 0 Å². The molecule has 2 aliphatic heterocycles. The Labute approximate surface area is 124 Å². The molecule has 3 rings (SSSR count). The van der Waals surface area contributed by atoms with Crippen LogP contribution < -0.4 is 0 Å². The van der Waals surface area contributed by atoms with Gasteiger partial charge in [0.25, 0.3) is 5.91 Å².